The normalized spacial score (nSPS) is 18.9. The summed E-state index contributed by atoms with van der Waals surface area (Å²) in [6.45, 7) is 7.59. The Balaban J connectivity index is 1.50. The van der Waals surface area contributed by atoms with Gasteiger partial charge in [0.05, 0.1) is 24.3 Å². The van der Waals surface area contributed by atoms with Crippen LogP contribution in [0.5, 0.6) is 5.88 Å². The van der Waals surface area contributed by atoms with Gasteiger partial charge in [-0.15, -0.1) is 0 Å². The zero-order valence-electron chi connectivity index (χ0n) is 18.3. The SMILES string of the molecule is Cc1cnn2cc(-c3cnn(C)c3)nc(O[C@H]3C[C@@H](N(C)C(=O)OC(C)(C)C)C3)c12. The van der Waals surface area contributed by atoms with E-state index in [-0.39, 0.29) is 18.2 Å². The molecule has 9 heteroatoms. The van der Waals surface area contributed by atoms with Gasteiger partial charge < -0.3 is 14.4 Å². The van der Waals surface area contributed by atoms with E-state index in [0.29, 0.717) is 5.88 Å². The van der Waals surface area contributed by atoms with Crippen LogP contribution in [0, 0.1) is 6.92 Å². The van der Waals surface area contributed by atoms with E-state index in [1.54, 1.807) is 33.5 Å². The van der Waals surface area contributed by atoms with Crippen molar-refractivity contribution in [1.29, 1.82) is 0 Å². The van der Waals surface area contributed by atoms with E-state index in [1.807, 2.05) is 47.1 Å². The predicted octanol–water partition coefficient (Wildman–Crippen LogP) is 3.21. The standard InChI is InChI=1S/C21H28N6O3/c1-13-9-23-27-12-17(14-10-22-25(5)11-14)24-19(18(13)27)29-16-7-15(8-16)26(6)20(28)30-21(2,3)4/h9-12,15-16H,7-8H2,1-6H3/t15-,16+. The first-order valence-electron chi connectivity index (χ1n) is 10.1. The third-order valence-electron chi connectivity index (χ3n) is 5.23. The van der Waals surface area contributed by atoms with E-state index < -0.39 is 5.60 Å². The molecule has 0 aliphatic heterocycles. The number of rotatable bonds is 4. The number of fused-ring (bicyclic) bond motifs is 1. The number of aryl methyl sites for hydroxylation is 2. The van der Waals surface area contributed by atoms with E-state index >= 15 is 0 Å². The lowest BCUT2D eigenvalue weighted by Gasteiger charge is -2.40. The minimum absolute atomic E-state index is 0.0189. The second-order valence-corrected chi connectivity index (χ2v) is 8.91. The molecule has 9 nitrogen and oxygen atoms in total. The number of hydrogen-bond acceptors (Lipinski definition) is 6. The number of aromatic nitrogens is 5. The molecule has 1 fully saturated rings. The van der Waals surface area contributed by atoms with Gasteiger partial charge in [-0.05, 0) is 27.7 Å². The molecule has 3 aromatic rings. The maximum absolute atomic E-state index is 12.3. The molecule has 1 saturated carbocycles. The van der Waals surface area contributed by atoms with Crippen LogP contribution < -0.4 is 4.74 Å². The average Bonchev–Trinajstić information content (AvgIpc) is 3.21. The molecule has 0 unspecified atom stereocenters. The van der Waals surface area contributed by atoms with Crippen molar-refractivity contribution in [1.82, 2.24) is 29.3 Å². The van der Waals surface area contributed by atoms with Gasteiger partial charge in [0.2, 0.25) is 5.88 Å². The number of carbonyl (C=O) groups is 1. The van der Waals surface area contributed by atoms with Crippen LogP contribution in [0.1, 0.15) is 39.2 Å². The number of nitrogens with zero attached hydrogens (tertiary/aromatic N) is 6. The predicted molar refractivity (Wildman–Crippen MR) is 111 cm³/mol. The Morgan fingerprint density at radius 2 is 1.93 bits per heavy atom. The summed E-state index contributed by atoms with van der Waals surface area (Å²) in [5.41, 5.74) is 2.99. The minimum Gasteiger partial charge on any atom is -0.473 e. The summed E-state index contributed by atoms with van der Waals surface area (Å²) < 4.78 is 15.2. The molecule has 30 heavy (non-hydrogen) atoms. The minimum atomic E-state index is -0.507. The number of hydrogen-bond donors (Lipinski definition) is 0. The molecule has 0 radical (unpaired) electrons. The summed E-state index contributed by atoms with van der Waals surface area (Å²) in [6.07, 6.45) is 8.49. The molecule has 0 atom stereocenters. The highest BCUT2D eigenvalue weighted by Gasteiger charge is 2.38. The highest BCUT2D eigenvalue weighted by atomic mass is 16.6. The van der Waals surface area contributed by atoms with Crippen molar-refractivity contribution >= 4 is 11.6 Å². The molecule has 0 bridgehead atoms. The zero-order valence-corrected chi connectivity index (χ0v) is 18.3. The zero-order chi connectivity index (χ0) is 21.6. The van der Waals surface area contributed by atoms with Gasteiger partial charge in [-0.3, -0.25) is 4.68 Å². The van der Waals surface area contributed by atoms with Crippen molar-refractivity contribution in [2.45, 2.75) is 58.3 Å². The fourth-order valence-corrected chi connectivity index (χ4v) is 3.49. The molecule has 3 aromatic heterocycles. The molecule has 3 heterocycles. The van der Waals surface area contributed by atoms with Crippen molar-refractivity contribution in [3.05, 3.63) is 30.4 Å². The van der Waals surface area contributed by atoms with Crippen LogP contribution in [-0.4, -0.2) is 60.2 Å². The quantitative estimate of drug-likeness (QED) is 0.654. The van der Waals surface area contributed by atoms with Gasteiger partial charge in [0.1, 0.15) is 17.2 Å². The first-order chi connectivity index (χ1) is 14.1. The van der Waals surface area contributed by atoms with Gasteiger partial charge in [0, 0.05) is 50.3 Å². The summed E-state index contributed by atoms with van der Waals surface area (Å²) >= 11 is 0. The summed E-state index contributed by atoms with van der Waals surface area (Å²) in [4.78, 5) is 18.7. The Labute approximate surface area is 175 Å². The lowest BCUT2D eigenvalue weighted by Crippen LogP contribution is -2.51. The summed E-state index contributed by atoms with van der Waals surface area (Å²) in [5, 5.41) is 8.65. The molecular formula is C21H28N6O3. The van der Waals surface area contributed by atoms with Crippen molar-refractivity contribution < 1.29 is 14.3 Å². The van der Waals surface area contributed by atoms with Crippen molar-refractivity contribution in [2.75, 3.05) is 7.05 Å². The Hall–Kier alpha value is -3.10. The Morgan fingerprint density at radius 1 is 1.20 bits per heavy atom. The second kappa shape index (κ2) is 7.30. The third-order valence-corrected chi connectivity index (χ3v) is 5.23. The van der Waals surface area contributed by atoms with Crippen molar-refractivity contribution in [3.8, 4) is 17.1 Å². The van der Waals surface area contributed by atoms with Crippen LogP contribution in [0.2, 0.25) is 0 Å². The molecule has 1 aliphatic rings. The first-order valence-corrected chi connectivity index (χ1v) is 10.1. The summed E-state index contributed by atoms with van der Waals surface area (Å²) in [5.74, 6) is 0.551. The van der Waals surface area contributed by atoms with Crippen LogP contribution in [0.3, 0.4) is 0 Å². The van der Waals surface area contributed by atoms with Gasteiger partial charge in [-0.1, -0.05) is 0 Å². The van der Waals surface area contributed by atoms with E-state index in [4.69, 9.17) is 14.5 Å². The second-order valence-electron chi connectivity index (χ2n) is 8.91. The van der Waals surface area contributed by atoms with Crippen molar-refractivity contribution in [3.63, 3.8) is 0 Å². The van der Waals surface area contributed by atoms with Gasteiger partial charge in [0.25, 0.3) is 0 Å². The van der Waals surface area contributed by atoms with Gasteiger partial charge in [-0.2, -0.15) is 10.2 Å². The fraction of sp³-hybridized carbons (Fsp3) is 0.524. The maximum atomic E-state index is 12.3. The number of amides is 1. The highest BCUT2D eigenvalue weighted by Crippen LogP contribution is 2.33. The van der Waals surface area contributed by atoms with Crippen LogP contribution in [0.15, 0.2) is 24.8 Å². The Morgan fingerprint density at radius 3 is 2.57 bits per heavy atom. The van der Waals surface area contributed by atoms with E-state index in [0.717, 1.165) is 35.2 Å². The monoisotopic (exact) mass is 412 g/mol. The van der Waals surface area contributed by atoms with Crippen molar-refractivity contribution in [2.24, 2.45) is 7.05 Å². The van der Waals surface area contributed by atoms with Gasteiger partial charge in [-0.25, -0.2) is 14.3 Å². The van der Waals surface area contributed by atoms with Crippen LogP contribution in [-0.2, 0) is 11.8 Å². The third kappa shape index (κ3) is 3.96. The molecule has 160 valence electrons. The highest BCUT2D eigenvalue weighted by molar-refractivity contribution is 5.68. The maximum Gasteiger partial charge on any atom is 0.410 e. The molecule has 4 rings (SSSR count). The molecule has 1 amide bonds. The summed E-state index contributed by atoms with van der Waals surface area (Å²) in [6, 6.07) is 0.0911. The molecule has 0 saturated heterocycles. The molecule has 0 spiro atoms. The fourth-order valence-electron chi connectivity index (χ4n) is 3.49. The van der Waals surface area contributed by atoms with Gasteiger partial charge >= 0.3 is 6.09 Å². The molecule has 0 aromatic carbocycles. The number of carbonyl (C=O) groups excluding carboxylic acids is 1. The van der Waals surface area contributed by atoms with E-state index in [9.17, 15) is 4.79 Å². The van der Waals surface area contributed by atoms with Crippen LogP contribution >= 0.6 is 0 Å². The lowest BCUT2D eigenvalue weighted by molar-refractivity contribution is -0.00937. The lowest BCUT2D eigenvalue weighted by atomic mass is 9.88. The Kier molecular flexibility index (Phi) is 4.91. The Bertz CT molecular complexity index is 1070. The topological polar surface area (TPSA) is 86.8 Å². The summed E-state index contributed by atoms with van der Waals surface area (Å²) in [7, 11) is 3.64. The largest absolute Gasteiger partial charge is 0.473 e. The average molecular weight is 412 g/mol. The van der Waals surface area contributed by atoms with Crippen LogP contribution in [0.4, 0.5) is 4.79 Å². The van der Waals surface area contributed by atoms with Gasteiger partial charge in [0.15, 0.2) is 0 Å². The molecule has 1 aliphatic carbocycles. The molecular weight excluding hydrogens is 384 g/mol. The van der Waals surface area contributed by atoms with E-state index in [2.05, 4.69) is 10.2 Å². The first kappa shape index (κ1) is 20.2. The van der Waals surface area contributed by atoms with Crippen LogP contribution in [0.25, 0.3) is 16.8 Å². The van der Waals surface area contributed by atoms with E-state index in [1.165, 1.54) is 0 Å². The molecule has 0 N–H and O–H groups in total. The number of ether oxygens (including phenoxy) is 2. The smallest absolute Gasteiger partial charge is 0.410 e.